The zero-order valence-electron chi connectivity index (χ0n) is 12.8. The van der Waals surface area contributed by atoms with E-state index in [-0.39, 0.29) is 0 Å². The molecule has 1 aliphatic carbocycles. The molecule has 2 fully saturated rings. The molecular formula is C17H27N3. The molecular weight excluding hydrogens is 246 g/mol. The maximum atomic E-state index is 4.46. The first-order valence-corrected chi connectivity index (χ1v) is 8.10. The fourth-order valence-corrected chi connectivity index (χ4v) is 3.55. The molecule has 0 bridgehead atoms. The Labute approximate surface area is 122 Å². The molecule has 1 aromatic rings. The average molecular weight is 273 g/mol. The molecule has 20 heavy (non-hydrogen) atoms. The van der Waals surface area contributed by atoms with Crippen LogP contribution in [0.1, 0.15) is 38.8 Å². The highest BCUT2D eigenvalue weighted by Gasteiger charge is 2.45. The number of pyridine rings is 1. The zero-order chi connectivity index (χ0) is 14.0. The lowest BCUT2D eigenvalue weighted by molar-refractivity contribution is 0.0737. The maximum absolute atomic E-state index is 4.46. The Morgan fingerprint density at radius 1 is 1.40 bits per heavy atom. The molecule has 2 unspecified atom stereocenters. The van der Waals surface area contributed by atoms with Crippen LogP contribution >= 0.6 is 0 Å². The monoisotopic (exact) mass is 273 g/mol. The van der Waals surface area contributed by atoms with E-state index in [1.165, 1.54) is 31.5 Å². The molecule has 0 radical (unpaired) electrons. The molecule has 2 atom stereocenters. The highest BCUT2D eigenvalue weighted by atomic mass is 15.3. The number of rotatable bonds is 5. The van der Waals surface area contributed by atoms with Gasteiger partial charge in [-0.3, -0.25) is 9.88 Å². The first-order valence-electron chi connectivity index (χ1n) is 8.10. The van der Waals surface area contributed by atoms with Gasteiger partial charge in [0.25, 0.3) is 0 Å². The molecule has 0 spiro atoms. The van der Waals surface area contributed by atoms with Crippen molar-refractivity contribution in [1.82, 2.24) is 15.2 Å². The molecule has 1 N–H and O–H groups in total. The van der Waals surface area contributed by atoms with Gasteiger partial charge >= 0.3 is 0 Å². The van der Waals surface area contributed by atoms with Crippen LogP contribution in [0.4, 0.5) is 0 Å². The van der Waals surface area contributed by atoms with Crippen molar-refractivity contribution >= 4 is 0 Å². The molecule has 2 heterocycles. The van der Waals surface area contributed by atoms with Crippen molar-refractivity contribution in [2.75, 3.05) is 19.6 Å². The summed E-state index contributed by atoms with van der Waals surface area (Å²) in [6.45, 7) is 8.21. The van der Waals surface area contributed by atoms with Gasteiger partial charge in [0.05, 0.1) is 0 Å². The topological polar surface area (TPSA) is 28.2 Å². The van der Waals surface area contributed by atoms with E-state index in [0.717, 1.165) is 25.4 Å². The number of piperazine rings is 1. The minimum Gasteiger partial charge on any atom is -0.308 e. The second kappa shape index (κ2) is 5.82. The number of hydrogen-bond donors (Lipinski definition) is 1. The van der Waals surface area contributed by atoms with Crippen LogP contribution in [0.3, 0.4) is 0 Å². The van der Waals surface area contributed by atoms with Crippen LogP contribution in [-0.4, -0.2) is 41.1 Å². The lowest BCUT2D eigenvalue weighted by atomic mass is 9.90. The number of aromatic nitrogens is 1. The molecule has 3 rings (SSSR count). The summed E-state index contributed by atoms with van der Waals surface area (Å²) in [5.74, 6) is 0.901. The summed E-state index contributed by atoms with van der Waals surface area (Å²) in [5.41, 5.74) is 1.56. The summed E-state index contributed by atoms with van der Waals surface area (Å²) in [6.07, 6.45) is 7.02. The van der Waals surface area contributed by atoms with Crippen LogP contribution in [0.2, 0.25) is 0 Å². The van der Waals surface area contributed by atoms with Gasteiger partial charge in [-0.25, -0.2) is 0 Å². The van der Waals surface area contributed by atoms with E-state index in [1.807, 2.05) is 12.3 Å². The molecule has 3 heteroatoms. The number of hydrogen-bond acceptors (Lipinski definition) is 3. The van der Waals surface area contributed by atoms with Gasteiger partial charge in [-0.2, -0.15) is 0 Å². The third-order valence-electron chi connectivity index (χ3n) is 5.12. The molecule has 1 aliphatic heterocycles. The van der Waals surface area contributed by atoms with Gasteiger partial charge in [-0.05, 0) is 44.2 Å². The lowest BCUT2D eigenvalue weighted by Gasteiger charge is -2.46. The standard InChI is InChI=1S/C17H27N3/c1-3-16-12-19-17(2,14-7-8-14)13-20(16)11-9-15-6-4-5-10-18-15/h4-6,10,14,16,19H,3,7-9,11-13H2,1-2H3. The predicted molar refractivity (Wildman–Crippen MR) is 82.7 cm³/mol. The maximum Gasteiger partial charge on any atom is 0.0416 e. The van der Waals surface area contributed by atoms with Crippen molar-refractivity contribution in [1.29, 1.82) is 0 Å². The molecule has 0 aromatic carbocycles. The van der Waals surface area contributed by atoms with Gasteiger partial charge in [0.15, 0.2) is 0 Å². The predicted octanol–water partition coefficient (Wildman–Crippen LogP) is 2.48. The fourth-order valence-electron chi connectivity index (χ4n) is 3.55. The van der Waals surface area contributed by atoms with E-state index in [4.69, 9.17) is 0 Å². The summed E-state index contributed by atoms with van der Waals surface area (Å²) in [4.78, 5) is 7.15. The second-order valence-corrected chi connectivity index (χ2v) is 6.68. The number of nitrogens with one attached hydrogen (secondary N) is 1. The molecule has 110 valence electrons. The van der Waals surface area contributed by atoms with Gasteiger partial charge in [-0.1, -0.05) is 13.0 Å². The fraction of sp³-hybridized carbons (Fsp3) is 0.706. The average Bonchev–Trinajstić information content (AvgIpc) is 3.31. The highest BCUT2D eigenvalue weighted by Crippen LogP contribution is 2.41. The van der Waals surface area contributed by atoms with E-state index in [9.17, 15) is 0 Å². The zero-order valence-corrected chi connectivity index (χ0v) is 12.8. The highest BCUT2D eigenvalue weighted by molar-refractivity contribution is 5.06. The van der Waals surface area contributed by atoms with E-state index >= 15 is 0 Å². The first kappa shape index (κ1) is 14.0. The Morgan fingerprint density at radius 2 is 2.25 bits per heavy atom. The summed E-state index contributed by atoms with van der Waals surface area (Å²) in [6, 6.07) is 6.91. The second-order valence-electron chi connectivity index (χ2n) is 6.68. The van der Waals surface area contributed by atoms with E-state index in [2.05, 4.69) is 41.2 Å². The first-order chi connectivity index (χ1) is 9.71. The van der Waals surface area contributed by atoms with Crippen LogP contribution in [0, 0.1) is 5.92 Å². The van der Waals surface area contributed by atoms with Gasteiger partial charge in [0, 0.05) is 49.5 Å². The van der Waals surface area contributed by atoms with Crippen molar-refractivity contribution in [3.63, 3.8) is 0 Å². The minimum absolute atomic E-state index is 0.343. The SMILES string of the molecule is CCC1CNC(C)(C2CC2)CN1CCc1ccccn1. The van der Waals surface area contributed by atoms with Crippen LogP contribution in [0.25, 0.3) is 0 Å². The molecule has 1 saturated carbocycles. The largest absolute Gasteiger partial charge is 0.308 e. The summed E-state index contributed by atoms with van der Waals surface area (Å²) < 4.78 is 0. The molecule has 2 aliphatic rings. The molecule has 0 amide bonds. The Kier molecular flexibility index (Phi) is 4.08. The quantitative estimate of drug-likeness (QED) is 0.893. The Hall–Kier alpha value is -0.930. The third-order valence-corrected chi connectivity index (χ3v) is 5.12. The smallest absolute Gasteiger partial charge is 0.0416 e. The normalized spacial score (nSPS) is 31.4. The lowest BCUT2D eigenvalue weighted by Crippen LogP contribution is -2.64. The van der Waals surface area contributed by atoms with Gasteiger partial charge in [0.2, 0.25) is 0 Å². The van der Waals surface area contributed by atoms with Crippen LogP contribution in [0.5, 0.6) is 0 Å². The molecule has 1 saturated heterocycles. The summed E-state index contributed by atoms with van der Waals surface area (Å²) in [5, 5.41) is 3.83. The van der Waals surface area contributed by atoms with Gasteiger partial charge in [0.1, 0.15) is 0 Å². The Morgan fingerprint density at radius 3 is 2.90 bits per heavy atom. The van der Waals surface area contributed by atoms with Crippen LogP contribution < -0.4 is 5.32 Å². The number of nitrogens with zero attached hydrogens (tertiary/aromatic N) is 2. The van der Waals surface area contributed by atoms with E-state index in [1.54, 1.807) is 0 Å². The van der Waals surface area contributed by atoms with Crippen molar-refractivity contribution in [2.45, 2.75) is 51.1 Å². The summed E-state index contributed by atoms with van der Waals surface area (Å²) >= 11 is 0. The Bertz CT molecular complexity index is 429. The van der Waals surface area contributed by atoms with Crippen LogP contribution in [-0.2, 0) is 6.42 Å². The molecule has 3 nitrogen and oxygen atoms in total. The van der Waals surface area contributed by atoms with Crippen molar-refractivity contribution in [3.05, 3.63) is 30.1 Å². The van der Waals surface area contributed by atoms with Crippen molar-refractivity contribution in [2.24, 2.45) is 5.92 Å². The third kappa shape index (κ3) is 3.04. The van der Waals surface area contributed by atoms with E-state index < -0.39 is 0 Å². The summed E-state index contributed by atoms with van der Waals surface area (Å²) in [7, 11) is 0. The van der Waals surface area contributed by atoms with Crippen molar-refractivity contribution in [3.8, 4) is 0 Å². The minimum atomic E-state index is 0.343. The van der Waals surface area contributed by atoms with E-state index in [0.29, 0.717) is 11.6 Å². The van der Waals surface area contributed by atoms with Gasteiger partial charge < -0.3 is 5.32 Å². The van der Waals surface area contributed by atoms with Crippen molar-refractivity contribution < 1.29 is 0 Å². The molecule has 1 aromatic heterocycles. The Balaban J connectivity index is 1.62. The van der Waals surface area contributed by atoms with Gasteiger partial charge in [-0.15, -0.1) is 0 Å². The van der Waals surface area contributed by atoms with Crippen LogP contribution in [0.15, 0.2) is 24.4 Å².